The first kappa shape index (κ1) is 23.9. The summed E-state index contributed by atoms with van der Waals surface area (Å²) >= 11 is 0. The number of ether oxygens (including phenoxy) is 1. The van der Waals surface area contributed by atoms with E-state index in [1.165, 1.54) is 17.0 Å². The van der Waals surface area contributed by atoms with Crippen molar-refractivity contribution < 1.29 is 18.4 Å². The third-order valence-electron chi connectivity index (χ3n) is 5.63. The van der Waals surface area contributed by atoms with Crippen molar-refractivity contribution in [2.75, 3.05) is 23.4 Å². The monoisotopic (exact) mass is 538 g/mol. The van der Waals surface area contributed by atoms with Gasteiger partial charge in [0.25, 0.3) is 5.91 Å². The number of anilines is 2. The van der Waals surface area contributed by atoms with Crippen molar-refractivity contribution in [3.63, 3.8) is 0 Å². The van der Waals surface area contributed by atoms with Crippen molar-refractivity contribution in [2.24, 2.45) is 12.7 Å². The molecule has 11 heteroatoms. The number of aromatic nitrogens is 3. The number of amides is 1. The molecule has 1 amide bonds. The van der Waals surface area contributed by atoms with Crippen LogP contribution in [0, 0.1) is 5.41 Å². The van der Waals surface area contributed by atoms with Crippen molar-refractivity contribution in [3.8, 4) is 0 Å². The van der Waals surface area contributed by atoms with Gasteiger partial charge in [-0.15, -0.1) is 12.4 Å². The topological polar surface area (TPSA) is 139 Å². The molecule has 0 spiro atoms. The lowest BCUT2D eigenvalue weighted by Crippen LogP contribution is -2.34. The Hall–Kier alpha value is -4.44. The number of carbonyl (C=O) groups is 2. The van der Waals surface area contributed by atoms with Crippen LogP contribution in [0.25, 0.3) is 11.0 Å². The molecule has 0 radical (unpaired) electrons. The van der Waals surface area contributed by atoms with E-state index in [4.69, 9.17) is 20.0 Å². The van der Waals surface area contributed by atoms with Crippen molar-refractivity contribution in [1.29, 1.82) is 5.41 Å². The van der Waals surface area contributed by atoms with Crippen LogP contribution < -0.4 is 16.0 Å². The van der Waals surface area contributed by atoms with Gasteiger partial charge in [0.2, 0.25) is 0 Å². The second kappa shape index (κ2) is 12.7. The van der Waals surface area contributed by atoms with Crippen molar-refractivity contribution in [3.05, 3.63) is 83.8 Å². The Kier molecular flexibility index (Phi) is 7.99. The van der Waals surface area contributed by atoms with Gasteiger partial charge in [-0.05, 0) is 61.5 Å². The second-order valence-corrected chi connectivity index (χ2v) is 8.11. The number of fused-ring (bicyclic) bond motifs is 1. The van der Waals surface area contributed by atoms with E-state index in [-0.39, 0.29) is 55.7 Å². The number of rotatable bonds is 10. The average molecular weight is 539 g/mol. The summed E-state index contributed by atoms with van der Waals surface area (Å²) < 4.78 is 30.4. The molecule has 0 aliphatic carbocycles. The third kappa shape index (κ3) is 6.46. The van der Waals surface area contributed by atoms with Crippen LogP contribution in [-0.4, -0.2) is 45.4 Å². The Balaban J connectivity index is 0.00000462. The average Bonchev–Trinajstić information content (AvgIpc) is 3.31. The molecule has 0 atom stereocenters. The van der Waals surface area contributed by atoms with Crippen LogP contribution in [0.3, 0.4) is 0 Å². The highest BCUT2D eigenvalue weighted by Crippen LogP contribution is 2.21. The van der Waals surface area contributed by atoms with E-state index in [9.17, 15) is 9.59 Å². The van der Waals surface area contributed by atoms with E-state index in [1.54, 1.807) is 61.7 Å². The van der Waals surface area contributed by atoms with Gasteiger partial charge in [-0.1, -0.05) is 6.07 Å². The van der Waals surface area contributed by atoms with Crippen molar-refractivity contribution in [1.82, 2.24) is 14.5 Å². The number of esters is 1. The molecule has 198 valence electrons. The molecule has 4 N–H and O–H groups in total. The van der Waals surface area contributed by atoms with Gasteiger partial charge in [-0.2, -0.15) is 0 Å². The number of halogens is 1. The first-order valence-corrected chi connectivity index (χ1v) is 11.7. The maximum absolute atomic E-state index is 13.6. The minimum atomic E-state index is -2.52. The van der Waals surface area contributed by atoms with E-state index < -0.39 is 18.9 Å². The predicted molar refractivity (Wildman–Crippen MR) is 150 cm³/mol. The quantitative estimate of drug-likeness (QED) is 0.158. The fraction of sp³-hybridized carbons (Fsp3) is 0.222. The fourth-order valence-electron chi connectivity index (χ4n) is 3.76. The number of aryl methyl sites for hydroxylation is 1. The minimum Gasteiger partial charge on any atom is -0.466 e. The molecule has 0 aliphatic heterocycles. The summed E-state index contributed by atoms with van der Waals surface area (Å²) in [6.45, 7) is -0.430. The number of nitrogens with one attached hydrogen (secondary N) is 2. The highest BCUT2D eigenvalue weighted by atomic mass is 35.5. The van der Waals surface area contributed by atoms with E-state index in [0.29, 0.717) is 28.1 Å². The third-order valence-corrected chi connectivity index (χ3v) is 5.63. The van der Waals surface area contributed by atoms with E-state index >= 15 is 0 Å². The molecular formula is C27H30ClN7O3. The predicted octanol–water partition coefficient (Wildman–Crippen LogP) is 3.89. The fourth-order valence-corrected chi connectivity index (χ4v) is 3.76. The Morgan fingerprint density at radius 2 is 1.92 bits per heavy atom. The molecule has 0 bridgehead atoms. The number of amidine groups is 1. The lowest BCUT2D eigenvalue weighted by molar-refractivity contribution is -0.142. The van der Waals surface area contributed by atoms with Crippen molar-refractivity contribution in [2.45, 2.75) is 19.9 Å². The summed E-state index contributed by atoms with van der Waals surface area (Å²) in [5.74, 6) is -0.289. The number of benzene rings is 2. The van der Waals surface area contributed by atoms with E-state index in [0.717, 1.165) is 4.57 Å². The number of imidazole rings is 1. The Bertz CT molecular complexity index is 1530. The zero-order valence-corrected chi connectivity index (χ0v) is 21.5. The molecule has 0 saturated carbocycles. The molecular weight excluding hydrogens is 506 g/mol. The van der Waals surface area contributed by atoms with Crippen LogP contribution >= 0.6 is 12.4 Å². The van der Waals surface area contributed by atoms with Gasteiger partial charge in [0.1, 0.15) is 17.5 Å². The largest absolute Gasteiger partial charge is 0.466 e. The van der Waals surface area contributed by atoms with Crippen LogP contribution in [-0.2, 0) is 23.1 Å². The Morgan fingerprint density at radius 1 is 1.16 bits per heavy atom. The molecule has 4 aromatic rings. The van der Waals surface area contributed by atoms with Gasteiger partial charge in [-0.25, -0.2) is 9.97 Å². The zero-order chi connectivity index (χ0) is 28.9. The maximum Gasteiger partial charge on any atom is 0.307 e. The smallest absolute Gasteiger partial charge is 0.307 e. The van der Waals surface area contributed by atoms with Gasteiger partial charge >= 0.3 is 5.97 Å². The summed E-state index contributed by atoms with van der Waals surface area (Å²) in [6, 6.07) is 16.6. The van der Waals surface area contributed by atoms with Gasteiger partial charge in [0.05, 0.1) is 30.6 Å². The molecule has 0 fully saturated rings. The van der Waals surface area contributed by atoms with Crippen LogP contribution in [0.1, 0.15) is 39.2 Å². The Morgan fingerprint density at radius 3 is 2.58 bits per heavy atom. The highest BCUT2D eigenvalue weighted by molar-refractivity contribution is 6.07. The number of pyridine rings is 1. The normalized spacial score (nSPS) is 12.0. The molecule has 0 unspecified atom stereocenters. The summed E-state index contributed by atoms with van der Waals surface area (Å²) in [5.41, 5.74) is 7.70. The number of hydrogen-bond donors (Lipinski definition) is 3. The summed E-state index contributed by atoms with van der Waals surface area (Å²) in [6.07, 6.45) is 1.53. The summed E-state index contributed by atoms with van der Waals surface area (Å²) in [7, 11) is 0. The van der Waals surface area contributed by atoms with Gasteiger partial charge < -0.3 is 20.4 Å². The summed E-state index contributed by atoms with van der Waals surface area (Å²) in [5, 5.41) is 10.7. The first-order valence-electron chi connectivity index (χ1n) is 13.2. The SMILES string of the molecule is Cl.[2H]C([2H])([2H])n1c(CNc2ccc(C(=N)N)cc2)nc2cc(C(=O)N(CCC(=O)OCC)c3ccccn3)ccc21. The van der Waals surface area contributed by atoms with E-state index in [2.05, 4.69) is 15.3 Å². The number of hydrogen-bond acceptors (Lipinski definition) is 7. The zero-order valence-electron chi connectivity index (χ0n) is 23.7. The lowest BCUT2D eigenvalue weighted by Gasteiger charge is -2.21. The number of nitrogens with two attached hydrogens (primary N) is 1. The molecule has 2 heterocycles. The number of nitrogens with zero attached hydrogens (tertiary/aromatic N) is 4. The first-order chi connectivity index (χ1) is 19.1. The molecule has 10 nitrogen and oxygen atoms in total. The maximum atomic E-state index is 13.6. The lowest BCUT2D eigenvalue weighted by atomic mass is 10.1. The Labute approximate surface area is 231 Å². The van der Waals surface area contributed by atoms with Gasteiger partial charge in [0, 0.05) is 40.6 Å². The summed E-state index contributed by atoms with van der Waals surface area (Å²) in [4.78, 5) is 35.8. The molecule has 2 aromatic heterocycles. The molecule has 38 heavy (non-hydrogen) atoms. The van der Waals surface area contributed by atoms with Crippen LogP contribution in [0.2, 0.25) is 0 Å². The van der Waals surface area contributed by atoms with Gasteiger partial charge in [-0.3, -0.25) is 19.9 Å². The van der Waals surface area contributed by atoms with Crippen LogP contribution in [0.4, 0.5) is 11.5 Å². The van der Waals surface area contributed by atoms with E-state index in [1.807, 2.05) is 0 Å². The van der Waals surface area contributed by atoms with Crippen molar-refractivity contribution >= 4 is 52.7 Å². The molecule has 0 saturated heterocycles. The second-order valence-electron chi connectivity index (χ2n) is 8.11. The number of nitrogen functional groups attached to an aromatic ring is 1. The van der Waals surface area contributed by atoms with Crippen LogP contribution in [0.5, 0.6) is 0 Å². The number of carbonyl (C=O) groups excluding carboxylic acids is 2. The minimum absolute atomic E-state index is 0. The standard InChI is InChI=1S/C27H29N7O3.ClH/c1-3-37-25(35)13-15-34(23-6-4-5-14-30-23)27(36)19-9-12-22-21(16-19)32-24(33(22)2)17-31-20-10-7-18(8-11-20)26(28)29;/h4-12,14,16,31H,3,13,15,17H2,1-2H3,(H3,28,29);1H/i2D3;. The van der Waals surface area contributed by atoms with Crippen LogP contribution in [0.15, 0.2) is 66.9 Å². The van der Waals surface area contributed by atoms with Gasteiger partial charge in [0.15, 0.2) is 0 Å². The molecule has 4 rings (SSSR count). The molecule has 2 aromatic carbocycles. The molecule has 0 aliphatic rings. The highest BCUT2D eigenvalue weighted by Gasteiger charge is 2.21.